The van der Waals surface area contributed by atoms with Gasteiger partial charge < -0.3 is 15.8 Å². The summed E-state index contributed by atoms with van der Waals surface area (Å²) in [5.74, 6) is 1.22. The summed E-state index contributed by atoms with van der Waals surface area (Å²) in [5, 5.41) is 4.19. The summed E-state index contributed by atoms with van der Waals surface area (Å²) in [6.45, 7) is 0. The van der Waals surface area contributed by atoms with Crippen molar-refractivity contribution in [2.24, 2.45) is 17.6 Å². The molecule has 0 aromatic heterocycles. The van der Waals surface area contributed by atoms with Crippen molar-refractivity contribution < 1.29 is 4.74 Å². The first kappa shape index (κ1) is 13.2. The number of nitrogens with one attached hydrogen (secondary N) is 1. The maximum Gasteiger partial charge on any atom is 0.0575 e. The molecule has 7 unspecified atom stereocenters. The van der Waals surface area contributed by atoms with Crippen LogP contribution in [0.5, 0.6) is 0 Å². The number of fused-ring (bicyclic) bond motifs is 2. The second-order valence-electron chi connectivity index (χ2n) is 6.37. The van der Waals surface area contributed by atoms with Gasteiger partial charge in [-0.2, -0.15) is 0 Å². The molecule has 0 spiro atoms. The van der Waals surface area contributed by atoms with E-state index < -0.39 is 0 Å². The maximum atomic E-state index is 6.57. The molecular weight excluding hydrogens is 248 g/mol. The van der Waals surface area contributed by atoms with Crippen LogP contribution in [0.1, 0.15) is 38.5 Å². The molecule has 3 fully saturated rings. The highest BCUT2D eigenvalue weighted by Gasteiger charge is 2.46. The monoisotopic (exact) mass is 272 g/mol. The lowest BCUT2D eigenvalue weighted by Gasteiger charge is -2.52. The molecule has 0 aromatic carbocycles. The van der Waals surface area contributed by atoms with E-state index in [-0.39, 0.29) is 0 Å². The smallest absolute Gasteiger partial charge is 0.0575 e. The van der Waals surface area contributed by atoms with Crippen molar-refractivity contribution in [3.05, 3.63) is 0 Å². The molecule has 3 N–H and O–H groups in total. The van der Waals surface area contributed by atoms with Gasteiger partial charge in [-0.15, -0.1) is 11.6 Å². The largest absolute Gasteiger partial charge is 0.381 e. The molecule has 7 atom stereocenters. The lowest BCUT2D eigenvalue weighted by molar-refractivity contribution is -0.00509. The summed E-state index contributed by atoms with van der Waals surface area (Å²) in [4.78, 5) is 0. The first-order valence-electron chi connectivity index (χ1n) is 7.37. The highest BCUT2D eigenvalue weighted by molar-refractivity contribution is 6.20. The third-order valence-electron chi connectivity index (χ3n) is 5.44. The van der Waals surface area contributed by atoms with Crippen molar-refractivity contribution in [3.8, 4) is 0 Å². The summed E-state index contributed by atoms with van der Waals surface area (Å²) >= 11 is 6.30. The average molecular weight is 273 g/mol. The van der Waals surface area contributed by atoms with Crippen LogP contribution in [0.3, 0.4) is 0 Å². The fourth-order valence-electron chi connectivity index (χ4n) is 4.40. The lowest BCUT2D eigenvalue weighted by Crippen LogP contribution is -2.65. The Bertz CT molecular complexity index is 302. The van der Waals surface area contributed by atoms with Gasteiger partial charge in [-0.05, 0) is 50.4 Å². The topological polar surface area (TPSA) is 47.3 Å². The zero-order chi connectivity index (χ0) is 12.7. The minimum atomic E-state index is 0.336. The molecule has 3 nitrogen and oxygen atoms in total. The Labute approximate surface area is 115 Å². The fourth-order valence-corrected chi connectivity index (χ4v) is 4.72. The average Bonchev–Trinajstić information content (AvgIpc) is 2.38. The first-order valence-corrected chi connectivity index (χ1v) is 7.81. The number of alkyl halides is 1. The Morgan fingerprint density at radius 3 is 2.67 bits per heavy atom. The predicted octanol–water partition coefficient (Wildman–Crippen LogP) is 1.88. The van der Waals surface area contributed by atoms with Gasteiger partial charge in [0.15, 0.2) is 0 Å². The van der Waals surface area contributed by atoms with Crippen molar-refractivity contribution >= 4 is 11.6 Å². The van der Waals surface area contributed by atoms with E-state index >= 15 is 0 Å². The van der Waals surface area contributed by atoms with E-state index in [2.05, 4.69) is 5.32 Å². The van der Waals surface area contributed by atoms with Gasteiger partial charge >= 0.3 is 0 Å². The van der Waals surface area contributed by atoms with E-state index in [0.717, 1.165) is 19.3 Å². The van der Waals surface area contributed by atoms with Crippen LogP contribution in [0, 0.1) is 11.8 Å². The van der Waals surface area contributed by atoms with Crippen LogP contribution in [-0.2, 0) is 4.74 Å². The van der Waals surface area contributed by atoms with E-state index in [9.17, 15) is 0 Å². The predicted molar refractivity (Wildman–Crippen MR) is 73.8 cm³/mol. The Hall–Kier alpha value is 0.170. The summed E-state index contributed by atoms with van der Waals surface area (Å²) in [5.41, 5.74) is 6.57. The molecule has 1 saturated heterocycles. The van der Waals surface area contributed by atoms with Crippen LogP contribution >= 0.6 is 11.6 Å². The third-order valence-corrected chi connectivity index (χ3v) is 5.84. The van der Waals surface area contributed by atoms with Gasteiger partial charge in [0.25, 0.3) is 0 Å². The second kappa shape index (κ2) is 5.28. The standard InChI is InChI=1S/C14H25ClN2O/c1-18-9-3-5-12-11(7-9)14(16)10-4-2-8(15)6-13(10)17-12/h8-14,17H,2-7,16H2,1H3. The van der Waals surface area contributed by atoms with E-state index in [1.54, 1.807) is 0 Å². The van der Waals surface area contributed by atoms with Crippen molar-refractivity contribution in [2.75, 3.05) is 7.11 Å². The van der Waals surface area contributed by atoms with E-state index in [4.69, 9.17) is 22.1 Å². The van der Waals surface area contributed by atoms with Gasteiger partial charge in [0.1, 0.15) is 0 Å². The van der Waals surface area contributed by atoms with Crippen molar-refractivity contribution in [3.63, 3.8) is 0 Å². The Balaban J connectivity index is 1.72. The SMILES string of the molecule is COC1CCC2NC3CC(Cl)CCC3C(N)C2C1. The van der Waals surface area contributed by atoms with Crippen molar-refractivity contribution in [1.82, 2.24) is 5.32 Å². The van der Waals surface area contributed by atoms with Crippen molar-refractivity contribution in [2.45, 2.75) is 68.1 Å². The van der Waals surface area contributed by atoms with Crippen LogP contribution in [0.25, 0.3) is 0 Å². The quantitative estimate of drug-likeness (QED) is 0.717. The number of piperidine rings is 1. The number of hydrogen-bond acceptors (Lipinski definition) is 3. The van der Waals surface area contributed by atoms with Gasteiger partial charge in [0.05, 0.1) is 6.10 Å². The summed E-state index contributed by atoms with van der Waals surface area (Å²) in [7, 11) is 1.83. The molecule has 104 valence electrons. The minimum absolute atomic E-state index is 0.336. The molecule has 1 aliphatic heterocycles. The van der Waals surface area contributed by atoms with Crippen LogP contribution in [0.15, 0.2) is 0 Å². The van der Waals surface area contributed by atoms with E-state index in [1.165, 1.54) is 19.3 Å². The van der Waals surface area contributed by atoms with Gasteiger partial charge in [-0.3, -0.25) is 0 Å². The molecule has 1 heterocycles. The molecule has 18 heavy (non-hydrogen) atoms. The zero-order valence-electron chi connectivity index (χ0n) is 11.1. The Morgan fingerprint density at radius 1 is 1.06 bits per heavy atom. The summed E-state index contributed by atoms with van der Waals surface area (Å²) in [6.07, 6.45) is 7.32. The number of halogens is 1. The number of methoxy groups -OCH3 is 1. The lowest BCUT2D eigenvalue weighted by atomic mass is 9.66. The highest BCUT2D eigenvalue weighted by atomic mass is 35.5. The summed E-state index contributed by atoms with van der Waals surface area (Å²) in [6, 6.07) is 1.48. The highest BCUT2D eigenvalue weighted by Crippen LogP contribution is 2.41. The van der Waals surface area contributed by atoms with Gasteiger partial charge in [0.2, 0.25) is 0 Å². The van der Waals surface area contributed by atoms with Gasteiger partial charge in [-0.1, -0.05) is 0 Å². The zero-order valence-corrected chi connectivity index (χ0v) is 11.9. The molecular formula is C14H25ClN2O. The van der Waals surface area contributed by atoms with Gasteiger partial charge in [0, 0.05) is 30.6 Å². The normalized spacial score (nSPS) is 52.5. The molecule has 3 aliphatic rings. The number of nitrogens with two attached hydrogens (primary N) is 1. The molecule has 3 rings (SSSR count). The number of rotatable bonds is 1. The molecule has 2 saturated carbocycles. The minimum Gasteiger partial charge on any atom is -0.381 e. The molecule has 0 aromatic rings. The Kier molecular flexibility index (Phi) is 3.86. The van der Waals surface area contributed by atoms with Crippen LogP contribution < -0.4 is 11.1 Å². The van der Waals surface area contributed by atoms with Gasteiger partial charge in [-0.25, -0.2) is 0 Å². The summed E-state index contributed by atoms with van der Waals surface area (Å²) < 4.78 is 5.54. The maximum absolute atomic E-state index is 6.57. The van der Waals surface area contributed by atoms with Crippen molar-refractivity contribution in [1.29, 1.82) is 0 Å². The molecule has 2 aliphatic carbocycles. The van der Waals surface area contributed by atoms with Crippen LogP contribution in [-0.4, -0.2) is 36.7 Å². The fraction of sp³-hybridized carbons (Fsp3) is 1.00. The number of hydrogen-bond donors (Lipinski definition) is 2. The van der Waals surface area contributed by atoms with E-state index in [0.29, 0.717) is 41.4 Å². The molecule has 4 heteroatoms. The number of ether oxygens (including phenoxy) is 1. The van der Waals surface area contributed by atoms with Crippen LogP contribution in [0.2, 0.25) is 0 Å². The molecule has 0 amide bonds. The molecule has 0 bridgehead atoms. The second-order valence-corrected chi connectivity index (χ2v) is 6.98. The third kappa shape index (κ3) is 2.31. The van der Waals surface area contributed by atoms with E-state index in [1.807, 2.05) is 7.11 Å². The Morgan fingerprint density at radius 2 is 1.89 bits per heavy atom. The first-order chi connectivity index (χ1) is 8.69. The van der Waals surface area contributed by atoms with Crippen LogP contribution in [0.4, 0.5) is 0 Å². The molecule has 0 radical (unpaired) electrons.